The Hall–Kier alpha value is -3.07. The lowest BCUT2D eigenvalue weighted by atomic mass is 10.0. The first-order valence-electron chi connectivity index (χ1n) is 13.1. The molecule has 1 N–H and O–H groups in total. The number of sulfonamides is 1. The van der Waals surface area contributed by atoms with Gasteiger partial charge in [-0.05, 0) is 61.7 Å². The molecule has 0 fully saturated rings. The zero-order chi connectivity index (χ0) is 29.3. The molecule has 214 valence electrons. The summed E-state index contributed by atoms with van der Waals surface area (Å²) in [5.41, 5.74) is 2.13. The first-order chi connectivity index (χ1) is 18.9. The monoisotopic (exact) mass is 603 g/mol. The quantitative estimate of drug-likeness (QED) is 0.271. The molecular weight excluding hydrogens is 569 g/mol. The second kappa shape index (κ2) is 14.5. The van der Waals surface area contributed by atoms with Crippen LogP contribution >= 0.6 is 23.2 Å². The molecule has 0 aromatic heterocycles. The lowest BCUT2D eigenvalue weighted by molar-refractivity contribution is -0.141. The average Bonchev–Trinajstić information content (AvgIpc) is 2.88. The zero-order valence-electron chi connectivity index (χ0n) is 22.9. The summed E-state index contributed by atoms with van der Waals surface area (Å²) in [5.74, 6) is -0.523. The van der Waals surface area contributed by atoms with Crippen LogP contribution in [0.15, 0.2) is 78.9 Å². The van der Waals surface area contributed by atoms with Crippen LogP contribution in [0.1, 0.15) is 37.8 Å². The number of rotatable bonds is 13. The summed E-state index contributed by atoms with van der Waals surface area (Å²) in [4.78, 5) is 28.8. The summed E-state index contributed by atoms with van der Waals surface area (Å²) in [5, 5.41) is 3.90. The van der Waals surface area contributed by atoms with E-state index in [1.54, 1.807) is 47.4 Å². The van der Waals surface area contributed by atoms with E-state index in [4.69, 9.17) is 23.2 Å². The maximum Gasteiger partial charge on any atom is 0.243 e. The molecule has 0 aliphatic rings. The molecule has 0 saturated carbocycles. The van der Waals surface area contributed by atoms with E-state index in [1.165, 1.54) is 4.31 Å². The highest BCUT2D eigenvalue weighted by atomic mass is 35.5. The summed E-state index contributed by atoms with van der Waals surface area (Å²) < 4.78 is 26.3. The number of nitrogens with one attached hydrogen (secondary N) is 1. The van der Waals surface area contributed by atoms with Gasteiger partial charge in [0.15, 0.2) is 0 Å². The van der Waals surface area contributed by atoms with Crippen LogP contribution in [0.3, 0.4) is 0 Å². The van der Waals surface area contributed by atoms with Gasteiger partial charge in [-0.15, -0.1) is 0 Å². The van der Waals surface area contributed by atoms with Gasteiger partial charge in [-0.3, -0.25) is 13.9 Å². The van der Waals surface area contributed by atoms with E-state index in [1.807, 2.05) is 50.2 Å². The van der Waals surface area contributed by atoms with Crippen LogP contribution in [0, 0.1) is 0 Å². The SMILES string of the molecule is CC(C)NC(=O)[C@@H](Cc1ccccc1)N(Cc1cccc(Cl)c1)C(=O)CCCN(c1cccc(Cl)c1)S(C)(=O)=O. The molecule has 0 spiro atoms. The molecule has 40 heavy (non-hydrogen) atoms. The molecule has 0 heterocycles. The maximum absolute atomic E-state index is 13.8. The fourth-order valence-corrected chi connectivity index (χ4v) is 5.76. The van der Waals surface area contributed by atoms with Crippen molar-refractivity contribution in [3.63, 3.8) is 0 Å². The normalized spacial score (nSPS) is 12.2. The standard InChI is InChI=1S/C30H35Cl2N3O4S/c1-22(2)33-30(37)28(19-23-10-5-4-6-11-23)34(21-24-12-7-13-25(31)18-24)29(36)16-9-17-35(40(3,38)39)27-15-8-14-26(32)20-27/h4-8,10-15,18,20,22,28H,9,16-17,19,21H2,1-3H3,(H,33,37)/t28-/m1/s1. The third-order valence-electron chi connectivity index (χ3n) is 6.19. The molecule has 0 unspecified atom stereocenters. The number of hydrogen-bond donors (Lipinski definition) is 1. The summed E-state index contributed by atoms with van der Waals surface area (Å²) in [6, 6.07) is 22.4. The molecular formula is C30H35Cl2N3O4S. The second-order valence-corrected chi connectivity index (χ2v) is 12.7. The van der Waals surface area contributed by atoms with E-state index < -0.39 is 16.1 Å². The highest BCUT2D eigenvalue weighted by molar-refractivity contribution is 7.92. The van der Waals surface area contributed by atoms with Gasteiger partial charge in [0.2, 0.25) is 21.8 Å². The van der Waals surface area contributed by atoms with Crippen LogP contribution in [0.25, 0.3) is 0 Å². The van der Waals surface area contributed by atoms with Gasteiger partial charge in [0, 0.05) is 42.0 Å². The van der Waals surface area contributed by atoms with Crippen molar-refractivity contribution >= 4 is 50.7 Å². The van der Waals surface area contributed by atoms with Crippen molar-refractivity contribution < 1.29 is 18.0 Å². The van der Waals surface area contributed by atoms with E-state index in [-0.39, 0.29) is 43.8 Å². The number of carbonyl (C=O) groups excluding carboxylic acids is 2. The van der Waals surface area contributed by atoms with Crippen LogP contribution in [0.5, 0.6) is 0 Å². The van der Waals surface area contributed by atoms with E-state index in [0.29, 0.717) is 22.2 Å². The summed E-state index contributed by atoms with van der Waals surface area (Å²) in [6.45, 7) is 4.00. The minimum absolute atomic E-state index is 0.0351. The average molecular weight is 605 g/mol. The third-order valence-corrected chi connectivity index (χ3v) is 7.86. The molecule has 3 aromatic rings. The molecule has 3 rings (SSSR count). The molecule has 0 radical (unpaired) electrons. The summed E-state index contributed by atoms with van der Waals surface area (Å²) in [7, 11) is -3.62. The molecule has 0 bridgehead atoms. The van der Waals surface area contributed by atoms with E-state index >= 15 is 0 Å². The predicted octanol–water partition coefficient (Wildman–Crippen LogP) is 5.70. The Labute approximate surface area is 247 Å². The number of carbonyl (C=O) groups is 2. The molecule has 7 nitrogen and oxygen atoms in total. The molecule has 10 heteroatoms. The second-order valence-electron chi connectivity index (χ2n) is 9.94. The number of halogens is 2. The van der Waals surface area contributed by atoms with Gasteiger partial charge in [0.05, 0.1) is 11.9 Å². The number of nitrogens with zero attached hydrogens (tertiary/aromatic N) is 2. The Bertz CT molecular complexity index is 1400. The predicted molar refractivity (Wildman–Crippen MR) is 162 cm³/mol. The van der Waals surface area contributed by atoms with Crippen LogP contribution in [0.4, 0.5) is 5.69 Å². The highest BCUT2D eigenvalue weighted by Gasteiger charge is 2.31. The fourth-order valence-electron chi connectivity index (χ4n) is 4.40. The molecule has 2 amide bonds. The molecule has 0 saturated heterocycles. The Balaban J connectivity index is 1.88. The largest absolute Gasteiger partial charge is 0.352 e. The minimum atomic E-state index is -3.62. The van der Waals surface area contributed by atoms with Gasteiger partial charge < -0.3 is 10.2 Å². The Morgan fingerprint density at radius 1 is 0.875 bits per heavy atom. The van der Waals surface area contributed by atoms with Gasteiger partial charge >= 0.3 is 0 Å². The third kappa shape index (κ3) is 9.54. The van der Waals surface area contributed by atoms with Crippen molar-refractivity contribution in [1.29, 1.82) is 0 Å². The van der Waals surface area contributed by atoms with Crippen LogP contribution in [0.2, 0.25) is 10.0 Å². The minimum Gasteiger partial charge on any atom is -0.352 e. The molecule has 3 aromatic carbocycles. The van der Waals surface area contributed by atoms with Gasteiger partial charge in [0.1, 0.15) is 6.04 Å². The fraction of sp³-hybridized carbons (Fsp3) is 0.333. The lowest BCUT2D eigenvalue weighted by Gasteiger charge is -2.32. The van der Waals surface area contributed by atoms with Gasteiger partial charge in [0.25, 0.3) is 0 Å². The first-order valence-corrected chi connectivity index (χ1v) is 15.7. The van der Waals surface area contributed by atoms with Crippen LogP contribution < -0.4 is 9.62 Å². The Kier molecular flexibility index (Phi) is 11.4. The van der Waals surface area contributed by atoms with E-state index in [9.17, 15) is 18.0 Å². The number of hydrogen-bond acceptors (Lipinski definition) is 4. The topological polar surface area (TPSA) is 86.8 Å². The van der Waals surface area contributed by atoms with Gasteiger partial charge in [-0.2, -0.15) is 0 Å². The summed E-state index contributed by atoms with van der Waals surface area (Å²) in [6.07, 6.45) is 1.72. The van der Waals surface area contributed by atoms with E-state index in [0.717, 1.165) is 17.4 Å². The Morgan fingerprint density at radius 3 is 2.10 bits per heavy atom. The Morgan fingerprint density at radius 2 is 1.50 bits per heavy atom. The molecule has 0 aliphatic heterocycles. The first kappa shape index (κ1) is 31.5. The van der Waals surface area contributed by atoms with Crippen molar-refractivity contribution in [2.75, 3.05) is 17.1 Å². The number of amides is 2. The van der Waals surface area contributed by atoms with Crippen molar-refractivity contribution in [3.8, 4) is 0 Å². The smallest absolute Gasteiger partial charge is 0.243 e. The lowest BCUT2D eigenvalue weighted by Crippen LogP contribution is -2.51. The van der Waals surface area contributed by atoms with Crippen LogP contribution in [-0.4, -0.2) is 50.0 Å². The van der Waals surface area contributed by atoms with Crippen LogP contribution in [-0.2, 0) is 32.6 Å². The van der Waals surface area contributed by atoms with Crippen molar-refractivity contribution in [2.45, 2.75) is 51.7 Å². The maximum atomic E-state index is 13.8. The number of benzene rings is 3. The van der Waals surface area contributed by atoms with Crippen molar-refractivity contribution in [2.24, 2.45) is 0 Å². The zero-order valence-corrected chi connectivity index (χ0v) is 25.2. The summed E-state index contributed by atoms with van der Waals surface area (Å²) >= 11 is 12.3. The molecule has 1 atom stereocenters. The van der Waals surface area contributed by atoms with E-state index in [2.05, 4.69) is 5.32 Å². The number of anilines is 1. The van der Waals surface area contributed by atoms with Crippen molar-refractivity contribution in [1.82, 2.24) is 10.2 Å². The van der Waals surface area contributed by atoms with Gasteiger partial charge in [-0.1, -0.05) is 71.7 Å². The highest BCUT2D eigenvalue weighted by Crippen LogP contribution is 2.23. The van der Waals surface area contributed by atoms with Crippen molar-refractivity contribution in [3.05, 3.63) is 100 Å². The molecule has 0 aliphatic carbocycles. The van der Waals surface area contributed by atoms with Gasteiger partial charge in [-0.25, -0.2) is 8.42 Å².